The molecule has 0 spiro atoms. The van der Waals surface area contributed by atoms with Gasteiger partial charge < -0.3 is 26.1 Å². The molecular formula is C26H44N4O3. The third-order valence-electron chi connectivity index (χ3n) is 10.2. The molecule has 4 saturated carbocycles. The quantitative estimate of drug-likeness (QED) is 0.172. The van der Waals surface area contributed by atoms with E-state index in [9.17, 15) is 10.2 Å². The van der Waals surface area contributed by atoms with Crippen molar-refractivity contribution in [3.8, 4) is 0 Å². The lowest BCUT2D eigenvalue weighted by molar-refractivity contribution is -0.207. The van der Waals surface area contributed by atoms with Crippen LogP contribution in [0.3, 0.4) is 0 Å². The number of oxime groups is 1. The smallest absolute Gasteiger partial charge is 0.185 e. The molecule has 0 aromatic carbocycles. The van der Waals surface area contributed by atoms with Crippen LogP contribution >= 0.6 is 0 Å². The average molecular weight is 461 g/mol. The zero-order valence-corrected chi connectivity index (χ0v) is 20.4. The topological polar surface area (TPSA) is 124 Å². The van der Waals surface area contributed by atoms with Crippen molar-refractivity contribution in [2.24, 2.45) is 45.4 Å². The van der Waals surface area contributed by atoms with E-state index in [0.29, 0.717) is 36.8 Å². The first-order valence-corrected chi connectivity index (χ1v) is 13.0. The van der Waals surface area contributed by atoms with Crippen molar-refractivity contribution in [3.63, 3.8) is 0 Å². The van der Waals surface area contributed by atoms with Gasteiger partial charge in [0.05, 0.1) is 17.9 Å². The van der Waals surface area contributed by atoms with Crippen LogP contribution in [0.1, 0.15) is 78.1 Å². The van der Waals surface area contributed by atoms with E-state index in [1.165, 1.54) is 6.42 Å². The van der Waals surface area contributed by atoms with Crippen molar-refractivity contribution in [3.05, 3.63) is 12.2 Å². The molecule has 7 nitrogen and oxygen atoms in total. The van der Waals surface area contributed by atoms with Gasteiger partial charge >= 0.3 is 0 Å². The molecule has 0 heterocycles. The second-order valence-electron chi connectivity index (χ2n) is 11.6. The van der Waals surface area contributed by atoms with E-state index in [0.717, 1.165) is 57.8 Å². The molecule has 8 atom stereocenters. The van der Waals surface area contributed by atoms with Gasteiger partial charge in [0.15, 0.2) is 5.96 Å². The maximum Gasteiger partial charge on any atom is 0.185 e. The van der Waals surface area contributed by atoms with Crippen LogP contribution in [0.15, 0.2) is 17.3 Å². The summed E-state index contributed by atoms with van der Waals surface area (Å²) in [5.74, 6) is 1.90. The molecule has 4 aliphatic rings. The van der Waals surface area contributed by atoms with Gasteiger partial charge in [-0.1, -0.05) is 25.1 Å². The number of aliphatic hydroxyl groups is 2. The molecule has 186 valence electrons. The summed E-state index contributed by atoms with van der Waals surface area (Å²) in [6.07, 6.45) is 15.9. The van der Waals surface area contributed by atoms with Gasteiger partial charge in [0.1, 0.15) is 6.61 Å². The second kappa shape index (κ2) is 9.57. The Morgan fingerprint density at radius 3 is 2.76 bits per heavy atom. The number of nitrogens with one attached hydrogen (secondary N) is 2. The van der Waals surface area contributed by atoms with E-state index in [2.05, 4.69) is 30.4 Å². The van der Waals surface area contributed by atoms with Crippen LogP contribution in [-0.2, 0) is 4.84 Å². The minimum atomic E-state index is -0.591. The zero-order valence-electron chi connectivity index (χ0n) is 20.4. The Bertz CT molecular complexity index is 773. The SMILES string of the molecule is C[C@]12CCC(O)CC1CC[C@@H]1[C@H]2CC[C@]2(C)C(C=C/C=N/OCCCNC(=N)N)CC[C@@]12O. The monoisotopic (exact) mass is 460 g/mol. The van der Waals surface area contributed by atoms with E-state index in [4.69, 9.17) is 16.0 Å². The summed E-state index contributed by atoms with van der Waals surface area (Å²) in [6, 6.07) is 0. The van der Waals surface area contributed by atoms with Crippen molar-refractivity contribution in [2.75, 3.05) is 13.2 Å². The van der Waals surface area contributed by atoms with Crippen molar-refractivity contribution >= 4 is 12.2 Å². The number of hydrogen-bond acceptors (Lipinski definition) is 5. The van der Waals surface area contributed by atoms with Crippen LogP contribution in [-0.4, -0.2) is 47.2 Å². The second-order valence-corrected chi connectivity index (χ2v) is 11.6. The van der Waals surface area contributed by atoms with Gasteiger partial charge in [0, 0.05) is 18.4 Å². The molecule has 0 aliphatic heterocycles. The first-order valence-electron chi connectivity index (χ1n) is 13.0. The van der Waals surface area contributed by atoms with Gasteiger partial charge in [0.2, 0.25) is 0 Å². The third-order valence-corrected chi connectivity index (χ3v) is 10.2. The number of allylic oxidation sites excluding steroid dienone is 2. The van der Waals surface area contributed by atoms with Crippen LogP contribution in [0.2, 0.25) is 0 Å². The summed E-state index contributed by atoms with van der Waals surface area (Å²) < 4.78 is 0. The minimum Gasteiger partial charge on any atom is -0.396 e. The summed E-state index contributed by atoms with van der Waals surface area (Å²) in [5, 5.41) is 36.3. The fraction of sp³-hybridized carbons (Fsp3) is 0.846. The molecule has 3 unspecified atom stereocenters. The highest BCUT2D eigenvalue weighted by Gasteiger charge is 2.66. The third kappa shape index (κ3) is 4.43. The van der Waals surface area contributed by atoms with E-state index in [-0.39, 0.29) is 22.9 Å². The predicted molar refractivity (Wildman–Crippen MR) is 131 cm³/mol. The molecule has 0 aromatic rings. The maximum absolute atomic E-state index is 12.2. The van der Waals surface area contributed by atoms with Crippen LogP contribution in [0.5, 0.6) is 0 Å². The Kier molecular flexibility index (Phi) is 7.11. The summed E-state index contributed by atoms with van der Waals surface area (Å²) in [6.45, 7) is 5.86. The Morgan fingerprint density at radius 2 is 1.97 bits per heavy atom. The highest BCUT2D eigenvalue weighted by molar-refractivity contribution is 5.74. The van der Waals surface area contributed by atoms with Crippen molar-refractivity contribution in [1.29, 1.82) is 5.41 Å². The van der Waals surface area contributed by atoms with Crippen molar-refractivity contribution in [1.82, 2.24) is 5.32 Å². The molecule has 7 heteroatoms. The molecular weight excluding hydrogens is 416 g/mol. The number of nitrogens with zero attached hydrogens (tertiary/aromatic N) is 1. The Balaban J connectivity index is 1.36. The van der Waals surface area contributed by atoms with Crippen LogP contribution < -0.4 is 11.1 Å². The molecule has 4 aliphatic carbocycles. The summed E-state index contributed by atoms with van der Waals surface area (Å²) >= 11 is 0. The van der Waals surface area contributed by atoms with Gasteiger partial charge in [-0.2, -0.15) is 0 Å². The van der Waals surface area contributed by atoms with Gasteiger partial charge in [-0.05, 0) is 93.0 Å². The van der Waals surface area contributed by atoms with Gasteiger partial charge in [-0.15, -0.1) is 0 Å². The largest absolute Gasteiger partial charge is 0.396 e. The first-order chi connectivity index (χ1) is 15.7. The molecule has 6 N–H and O–H groups in total. The van der Waals surface area contributed by atoms with Gasteiger partial charge in [-0.25, -0.2) is 0 Å². The number of fused-ring (bicyclic) bond motifs is 5. The highest BCUT2D eigenvalue weighted by atomic mass is 16.6. The Hall–Kier alpha value is -1.60. The number of aliphatic hydroxyl groups excluding tert-OH is 1. The number of nitrogens with two attached hydrogens (primary N) is 1. The molecule has 0 aromatic heterocycles. The van der Waals surface area contributed by atoms with Crippen molar-refractivity contribution in [2.45, 2.75) is 89.8 Å². The fourth-order valence-corrected chi connectivity index (χ4v) is 8.23. The Morgan fingerprint density at radius 1 is 1.15 bits per heavy atom. The van der Waals surface area contributed by atoms with Crippen LogP contribution in [0, 0.1) is 39.9 Å². The molecule has 33 heavy (non-hydrogen) atoms. The molecule has 0 saturated heterocycles. The number of hydrogen-bond donors (Lipinski definition) is 5. The highest BCUT2D eigenvalue weighted by Crippen LogP contribution is 2.69. The predicted octanol–water partition coefficient (Wildman–Crippen LogP) is 3.55. The van der Waals surface area contributed by atoms with Crippen LogP contribution in [0.4, 0.5) is 0 Å². The van der Waals surface area contributed by atoms with Crippen LogP contribution in [0.25, 0.3) is 0 Å². The Labute approximate surface area is 198 Å². The lowest BCUT2D eigenvalue weighted by Gasteiger charge is -2.63. The molecule has 0 amide bonds. The zero-order chi connectivity index (χ0) is 23.7. The van der Waals surface area contributed by atoms with E-state index >= 15 is 0 Å². The minimum absolute atomic E-state index is 0.0276. The molecule has 4 fully saturated rings. The lowest BCUT2D eigenvalue weighted by Crippen LogP contribution is -2.62. The summed E-state index contributed by atoms with van der Waals surface area (Å²) in [5.41, 5.74) is 4.84. The number of rotatable bonds is 7. The molecule has 4 rings (SSSR count). The maximum atomic E-state index is 12.2. The molecule has 0 bridgehead atoms. The van der Waals surface area contributed by atoms with E-state index < -0.39 is 5.60 Å². The summed E-state index contributed by atoms with van der Waals surface area (Å²) in [4.78, 5) is 5.27. The first kappa shape index (κ1) is 24.5. The average Bonchev–Trinajstić information content (AvgIpc) is 3.04. The standard InChI is InChI=1S/C26H44N4O3/c1-24-11-9-20(31)17-19(24)6-7-22-21(24)10-12-25(2)18(8-13-26(22,25)32)5-3-15-30-33-16-4-14-29-23(27)28/h3,5,15,18-22,31-32H,4,6-14,16-17H2,1-2H3,(H4,27,28,29)/b5-3?,30-15+/t18?,19?,20?,21-,22-,24+,25-,26-/m1/s1. The van der Waals surface area contributed by atoms with E-state index in [1.54, 1.807) is 6.21 Å². The molecule has 0 radical (unpaired) electrons. The van der Waals surface area contributed by atoms with Crippen molar-refractivity contribution < 1.29 is 15.1 Å². The summed E-state index contributed by atoms with van der Waals surface area (Å²) in [7, 11) is 0. The number of guanidine groups is 1. The van der Waals surface area contributed by atoms with Gasteiger partial charge in [0.25, 0.3) is 0 Å². The lowest BCUT2D eigenvalue weighted by atomic mass is 9.43. The van der Waals surface area contributed by atoms with Gasteiger partial charge in [-0.3, -0.25) is 5.41 Å². The normalized spacial score (nSPS) is 44.9. The van der Waals surface area contributed by atoms with E-state index in [1.807, 2.05) is 6.08 Å². The fourth-order valence-electron chi connectivity index (χ4n) is 8.23.